The van der Waals surface area contributed by atoms with Gasteiger partial charge in [0.25, 0.3) is 0 Å². The van der Waals surface area contributed by atoms with Gasteiger partial charge in [0.05, 0.1) is 11.9 Å². The number of aromatic nitrogens is 1. The number of amides is 1. The maximum Gasteiger partial charge on any atom is 0.230 e. The number of carbonyl (C=O) groups excluding carboxylic acids is 1. The summed E-state index contributed by atoms with van der Waals surface area (Å²) in [6, 6.07) is 11.5. The van der Waals surface area contributed by atoms with Crippen LogP contribution in [0.1, 0.15) is 20.8 Å². The number of pyridine rings is 1. The molecule has 0 spiro atoms. The first-order chi connectivity index (χ1) is 9.84. The Hall–Kier alpha value is -1.88. The van der Waals surface area contributed by atoms with E-state index in [0.717, 1.165) is 15.8 Å². The molecule has 0 bridgehead atoms. The molecule has 0 atom stereocenters. The zero-order chi connectivity index (χ0) is 15.5. The van der Waals surface area contributed by atoms with E-state index in [9.17, 15) is 4.79 Å². The van der Waals surface area contributed by atoms with Gasteiger partial charge in [0.15, 0.2) is 0 Å². The third kappa shape index (κ3) is 4.56. The van der Waals surface area contributed by atoms with Crippen LogP contribution in [0.15, 0.2) is 47.1 Å². The molecule has 1 amide bonds. The summed E-state index contributed by atoms with van der Waals surface area (Å²) in [6.07, 6.45) is 1.69. The van der Waals surface area contributed by atoms with Crippen LogP contribution in [0.4, 0.5) is 17.2 Å². The maximum absolute atomic E-state index is 11.9. The molecule has 0 fully saturated rings. The lowest BCUT2D eigenvalue weighted by atomic mass is 9.96. The van der Waals surface area contributed by atoms with E-state index in [2.05, 4.69) is 31.5 Å². The second kappa shape index (κ2) is 6.26. The molecule has 110 valence electrons. The minimum Gasteiger partial charge on any atom is -0.354 e. The summed E-state index contributed by atoms with van der Waals surface area (Å²) < 4.78 is 1.01. The average molecular weight is 348 g/mol. The molecular weight excluding hydrogens is 330 g/mol. The fourth-order valence-corrected chi connectivity index (χ4v) is 1.98. The second-order valence-electron chi connectivity index (χ2n) is 5.77. The van der Waals surface area contributed by atoms with Crippen molar-refractivity contribution in [1.82, 2.24) is 4.98 Å². The van der Waals surface area contributed by atoms with Crippen molar-refractivity contribution in [3.05, 3.63) is 47.1 Å². The number of hydrogen-bond acceptors (Lipinski definition) is 3. The first-order valence-corrected chi connectivity index (χ1v) is 7.44. The minimum atomic E-state index is -0.436. The SMILES string of the molecule is CC(C)(C)C(=O)Nc1ccc(Nc2cccc(Br)c2)cn1. The van der Waals surface area contributed by atoms with E-state index < -0.39 is 5.41 Å². The van der Waals surface area contributed by atoms with E-state index in [1.165, 1.54) is 0 Å². The van der Waals surface area contributed by atoms with Crippen LogP contribution >= 0.6 is 15.9 Å². The molecular formula is C16H18BrN3O. The lowest BCUT2D eigenvalue weighted by Crippen LogP contribution is -2.27. The predicted molar refractivity (Wildman–Crippen MR) is 89.7 cm³/mol. The number of hydrogen-bond donors (Lipinski definition) is 2. The largest absolute Gasteiger partial charge is 0.354 e. The Morgan fingerprint density at radius 1 is 1.14 bits per heavy atom. The van der Waals surface area contributed by atoms with Crippen LogP contribution in [0, 0.1) is 5.41 Å². The Morgan fingerprint density at radius 3 is 2.48 bits per heavy atom. The highest BCUT2D eigenvalue weighted by Gasteiger charge is 2.21. The molecule has 1 heterocycles. The van der Waals surface area contributed by atoms with E-state index in [0.29, 0.717) is 5.82 Å². The van der Waals surface area contributed by atoms with Crippen molar-refractivity contribution in [1.29, 1.82) is 0 Å². The summed E-state index contributed by atoms with van der Waals surface area (Å²) in [6.45, 7) is 5.60. The predicted octanol–water partition coefficient (Wildman–Crippen LogP) is 4.57. The van der Waals surface area contributed by atoms with Gasteiger partial charge in [0, 0.05) is 15.6 Å². The molecule has 2 aromatic rings. The summed E-state index contributed by atoms with van der Waals surface area (Å²) in [7, 11) is 0. The van der Waals surface area contributed by atoms with Crippen molar-refractivity contribution in [2.75, 3.05) is 10.6 Å². The van der Waals surface area contributed by atoms with Gasteiger partial charge in [-0.25, -0.2) is 4.98 Å². The van der Waals surface area contributed by atoms with Crippen molar-refractivity contribution < 1.29 is 4.79 Å². The van der Waals surface area contributed by atoms with Gasteiger partial charge in [-0.3, -0.25) is 4.79 Å². The van der Waals surface area contributed by atoms with E-state index in [1.807, 2.05) is 51.1 Å². The topological polar surface area (TPSA) is 54.0 Å². The van der Waals surface area contributed by atoms with Crippen LogP contribution in [0.3, 0.4) is 0 Å². The summed E-state index contributed by atoms with van der Waals surface area (Å²) in [4.78, 5) is 16.1. The zero-order valence-electron chi connectivity index (χ0n) is 12.3. The fourth-order valence-electron chi connectivity index (χ4n) is 1.58. The van der Waals surface area contributed by atoms with E-state index in [1.54, 1.807) is 12.3 Å². The molecule has 0 unspecified atom stereocenters. The van der Waals surface area contributed by atoms with Crippen LogP contribution in [-0.2, 0) is 4.79 Å². The van der Waals surface area contributed by atoms with Crippen LogP contribution in [0.25, 0.3) is 0 Å². The van der Waals surface area contributed by atoms with Gasteiger partial charge in [0.1, 0.15) is 5.82 Å². The molecule has 1 aromatic carbocycles. The third-order valence-corrected chi connectivity index (χ3v) is 3.29. The Kier molecular flexibility index (Phi) is 4.63. The number of benzene rings is 1. The van der Waals surface area contributed by atoms with Crippen molar-refractivity contribution in [3.8, 4) is 0 Å². The molecule has 5 heteroatoms. The van der Waals surface area contributed by atoms with Crippen LogP contribution in [0.5, 0.6) is 0 Å². The summed E-state index contributed by atoms with van der Waals surface area (Å²) in [5, 5.41) is 6.05. The van der Waals surface area contributed by atoms with Crippen LogP contribution in [-0.4, -0.2) is 10.9 Å². The van der Waals surface area contributed by atoms with E-state index >= 15 is 0 Å². The van der Waals surface area contributed by atoms with Gasteiger partial charge < -0.3 is 10.6 Å². The van der Waals surface area contributed by atoms with Gasteiger partial charge in [-0.05, 0) is 30.3 Å². The molecule has 0 aliphatic rings. The average Bonchev–Trinajstić information content (AvgIpc) is 2.40. The number of carbonyl (C=O) groups is 1. The summed E-state index contributed by atoms with van der Waals surface area (Å²) in [5.41, 5.74) is 1.40. The van der Waals surface area contributed by atoms with Crippen LogP contribution < -0.4 is 10.6 Å². The first kappa shape index (κ1) is 15.5. The molecule has 4 nitrogen and oxygen atoms in total. The monoisotopic (exact) mass is 347 g/mol. The quantitative estimate of drug-likeness (QED) is 0.854. The van der Waals surface area contributed by atoms with Crippen molar-refractivity contribution in [3.63, 3.8) is 0 Å². The highest BCUT2D eigenvalue weighted by Crippen LogP contribution is 2.21. The zero-order valence-corrected chi connectivity index (χ0v) is 13.9. The Balaban J connectivity index is 2.04. The van der Waals surface area contributed by atoms with Gasteiger partial charge in [-0.1, -0.05) is 42.8 Å². The van der Waals surface area contributed by atoms with E-state index in [4.69, 9.17) is 0 Å². The summed E-state index contributed by atoms with van der Waals surface area (Å²) >= 11 is 3.43. The molecule has 0 aliphatic carbocycles. The molecule has 0 saturated heterocycles. The molecule has 2 rings (SSSR count). The van der Waals surface area contributed by atoms with Crippen molar-refractivity contribution in [2.45, 2.75) is 20.8 Å². The van der Waals surface area contributed by atoms with Crippen molar-refractivity contribution in [2.24, 2.45) is 5.41 Å². The number of nitrogens with zero attached hydrogens (tertiary/aromatic N) is 1. The molecule has 0 aliphatic heterocycles. The number of anilines is 3. The number of halogens is 1. The highest BCUT2D eigenvalue weighted by atomic mass is 79.9. The number of nitrogens with one attached hydrogen (secondary N) is 2. The fraction of sp³-hybridized carbons (Fsp3) is 0.250. The second-order valence-corrected chi connectivity index (χ2v) is 6.69. The lowest BCUT2D eigenvalue weighted by Gasteiger charge is -2.17. The highest BCUT2D eigenvalue weighted by molar-refractivity contribution is 9.10. The van der Waals surface area contributed by atoms with Gasteiger partial charge in [-0.15, -0.1) is 0 Å². The molecule has 2 N–H and O–H groups in total. The minimum absolute atomic E-state index is 0.0531. The van der Waals surface area contributed by atoms with Crippen LogP contribution in [0.2, 0.25) is 0 Å². The van der Waals surface area contributed by atoms with Crippen molar-refractivity contribution >= 4 is 39.0 Å². The van der Waals surface area contributed by atoms with E-state index in [-0.39, 0.29) is 5.91 Å². The maximum atomic E-state index is 11.9. The standard InChI is InChI=1S/C16H18BrN3O/c1-16(2,3)15(21)20-14-8-7-13(10-18-14)19-12-6-4-5-11(17)9-12/h4-10,19H,1-3H3,(H,18,20,21). The molecule has 21 heavy (non-hydrogen) atoms. The lowest BCUT2D eigenvalue weighted by molar-refractivity contribution is -0.123. The molecule has 0 saturated carbocycles. The molecule has 0 radical (unpaired) electrons. The number of rotatable bonds is 3. The van der Waals surface area contributed by atoms with Gasteiger partial charge in [-0.2, -0.15) is 0 Å². The summed E-state index contributed by atoms with van der Waals surface area (Å²) in [5.74, 6) is 0.498. The Morgan fingerprint density at radius 2 is 1.90 bits per heavy atom. The third-order valence-electron chi connectivity index (χ3n) is 2.80. The Bertz CT molecular complexity index is 633. The molecule has 1 aromatic heterocycles. The van der Waals surface area contributed by atoms with Gasteiger partial charge in [0.2, 0.25) is 5.91 Å². The Labute approximate surface area is 133 Å². The normalized spacial score (nSPS) is 11.0. The van der Waals surface area contributed by atoms with Gasteiger partial charge >= 0.3 is 0 Å². The smallest absolute Gasteiger partial charge is 0.230 e. The first-order valence-electron chi connectivity index (χ1n) is 6.65.